The number of rotatable bonds is 4. The van der Waals surface area contributed by atoms with E-state index in [9.17, 15) is 0 Å². The van der Waals surface area contributed by atoms with Gasteiger partial charge in [0.1, 0.15) is 0 Å². The summed E-state index contributed by atoms with van der Waals surface area (Å²) in [6, 6.07) is 19.1. The summed E-state index contributed by atoms with van der Waals surface area (Å²) in [6.07, 6.45) is 8.36. The van der Waals surface area contributed by atoms with E-state index < -0.39 is 0 Å². The van der Waals surface area contributed by atoms with Crippen molar-refractivity contribution in [2.75, 3.05) is 0 Å². The van der Waals surface area contributed by atoms with Gasteiger partial charge in [0, 0.05) is 0 Å². The molecule has 2 aromatic carbocycles. The van der Waals surface area contributed by atoms with Crippen molar-refractivity contribution in [3.8, 4) is 11.1 Å². The Balaban J connectivity index is 0.000000956. The van der Waals surface area contributed by atoms with Gasteiger partial charge in [0.05, 0.1) is 0 Å². The second-order valence-electron chi connectivity index (χ2n) is 4.08. The lowest BCUT2D eigenvalue weighted by molar-refractivity contribution is 1.27. The first-order chi connectivity index (χ1) is 9.90. The monoisotopic (exact) mass is 265 g/mol. The summed E-state index contributed by atoms with van der Waals surface area (Å²) >= 11 is 0. The molecule has 2 rings (SSSR count). The molecular formula is C19H23N. The van der Waals surface area contributed by atoms with Gasteiger partial charge < -0.3 is 5.73 Å². The summed E-state index contributed by atoms with van der Waals surface area (Å²) < 4.78 is 0. The summed E-state index contributed by atoms with van der Waals surface area (Å²) in [6.45, 7) is 4.00. The van der Waals surface area contributed by atoms with Crippen molar-refractivity contribution >= 4 is 0 Å². The van der Waals surface area contributed by atoms with Gasteiger partial charge in [-0.2, -0.15) is 0 Å². The lowest BCUT2D eigenvalue weighted by atomic mass is 10.0. The maximum atomic E-state index is 5.26. The van der Waals surface area contributed by atoms with Crippen molar-refractivity contribution in [3.63, 3.8) is 0 Å². The van der Waals surface area contributed by atoms with Crippen LogP contribution >= 0.6 is 0 Å². The molecule has 0 amide bonds. The average molecular weight is 265 g/mol. The van der Waals surface area contributed by atoms with Crippen LogP contribution in [0.3, 0.4) is 0 Å². The van der Waals surface area contributed by atoms with Crippen molar-refractivity contribution in [1.29, 1.82) is 0 Å². The Morgan fingerprint density at radius 1 is 0.800 bits per heavy atom. The van der Waals surface area contributed by atoms with Crippen molar-refractivity contribution < 1.29 is 0 Å². The molecule has 0 fully saturated rings. The second-order valence-corrected chi connectivity index (χ2v) is 4.08. The number of hydrogen-bond acceptors (Lipinski definition) is 1. The zero-order valence-electron chi connectivity index (χ0n) is 12.3. The largest absolute Gasteiger partial charge is 0.405 e. The minimum absolute atomic E-state index is 0.930. The highest BCUT2D eigenvalue weighted by molar-refractivity contribution is 5.63. The predicted molar refractivity (Wildman–Crippen MR) is 89.4 cm³/mol. The third kappa shape index (κ3) is 5.15. The molecule has 2 N–H and O–H groups in total. The number of hydrogen-bond donors (Lipinski definition) is 1. The lowest BCUT2D eigenvalue weighted by Crippen LogP contribution is -1.82. The molecule has 1 nitrogen and oxygen atoms in total. The van der Waals surface area contributed by atoms with E-state index in [1.54, 1.807) is 0 Å². The van der Waals surface area contributed by atoms with E-state index in [1.807, 2.05) is 32.1 Å². The Labute approximate surface area is 122 Å². The maximum Gasteiger partial charge on any atom is -0.00625 e. The van der Waals surface area contributed by atoms with Crippen LogP contribution in [0.5, 0.6) is 0 Å². The van der Waals surface area contributed by atoms with Gasteiger partial charge in [0.15, 0.2) is 0 Å². The van der Waals surface area contributed by atoms with Gasteiger partial charge in [-0.15, -0.1) is 0 Å². The summed E-state index contributed by atoms with van der Waals surface area (Å²) in [5.41, 5.74) is 9.07. The normalized spacial score (nSPS) is 10.5. The predicted octanol–water partition coefficient (Wildman–Crippen LogP) is 4.95. The zero-order chi connectivity index (χ0) is 14.6. The van der Waals surface area contributed by atoms with Crippen LogP contribution in [0, 0.1) is 0 Å². The van der Waals surface area contributed by atoms with Crippen LogP contribution < -0.4 is 5.73 Å². The topological polar surface area (TPSA) is 26.0 Å². The molecule has 1 heteroatoms. The van der Waals surface area contributed by atoms with E-state index in [-0.39, 0.29) is 0 Å². The van der Waals surface area contributed by atoms with E-state index in [4.69, 9.17) is 5.73 Å². The summed E-state index contributed by atoms with van der Waals surface area (Å²) in [7, 11) is 0. The summed E-state index contributed by atoms with van der Waals surface area (Å²) in [5.74, 6) is 0. The smallest absolute Gasteiger partial charge is 0.00625 e. The van der Waals surface area contributed by atoms with Gasteiger partial charge in [-0.1, -0.05) is 80.6 Å². The van der Waals surface area contributed by atoms with Gasteiger partial charge in [-0.25, -0.2) is 0 Å². The van der Waals surface area contributed by atoms with E-state index in [0.717, 1.165) is 6.42 Å². The highest BCUT2D eigenvalue weighted by Crippen LogP contribution is 2.19. The summed E-state index contributed by atoms with van der Waals surface area (Å²) in [5, 5.41) is 0. The standard InChI is InChI=1S/C17H17N.C2H6/c18-14-6-2-3-7-15-10-12-17(13-11-15)16-8-4-1-5-9-16;1-2/h1-6,8-14H,7,18H2;1-2H3/b3-2-,14-6-;. The van der Waals surface area contributed by atoms with Gasteiger partial charge >= 0.3 is 0 Å². The molecule has 0 radical (unpaired) electrons. The van der Waals surface area contributed by atoms with Crippen molar-refractivity contribution in [3.05, 3.63) is 84.6 Å². The van der Waals surface area contributed by atoms with Crippen LogP contribution in [-0.2, 0) is 6.42 Å². The molecule has 0 spiro atoms. The first-order valence-corrected chi connectivity index (χ1v) is 7.08. The molecule has 0 atom stereocenters. The van der Waals surface area contributed by atoms with Crippen LogP contribution in [-0.4, -0.2) is 0 Å². The van der Waals surface area contributed by atoms with Crippen molar-refractivity contribution in [1.82, 2.24) is 0 Å². The Morgan fingerprint density at radius 2 is 1.40 bits per heavy atom. The number of nitrogens with two attached hydrogens (primary N) is 1. The van der Waals surface area contributed by atoms with E-state index in [1.165, 1.54) is 22.9 Å². The number of allylic oxidation sites excluding steroid dienone is 3. The van der Waals surface area contributed by atoms with E-state index >= 15 is 0 Å². The van der Waals surface area contributed by atoms with E-state index in [2.05, 4.69) is 54.6 Å². The van der Waals surface area contributed by atoms with Gasteiger partial charge in [0.25, 0.3) is 0 Å². The van der Waals surface area contributed by atoms with Crippen LogP contribution in [0.15, 0.2) is 79.0 Å². The third-order valence-corrected chi connectivity index (χ3v) is 2.77. The van der Waals surface area contributed by atoms with Gasteiger partial charge in [-0.3, -0.25) is 0 Å². The van der Waals surface area contributed by atoms with Crippen molar-refractivity contribution in [2.24, 2.45) is 5.73 Å². The molecule has 0 bridgehead atoms. The fourth-order valence-electron chi connectivity index (χ4n) is 1.81. The first kappa shape index (κ1) is 15.8. The molecule has 0 aliphatic carbocycles. The quantitative estimate of drug-likeness (QED) is 0.778. The van der Waals surface area contributed by atoms with Crippen LogP contribution in [0.1, 0.15) is 19.4 Å². The molecule has 0 aliphatic rings. The third-order valence-electron chi connectivity index (χ3n) is 2.77. The highest BCUT2D eigenvalue weighted by atomic mass is 14.5. The molecule has 104 valence electrons. The molecule has 0 aromatic heterocycles. The summed E-state index contributed by atoms with van der Waals surface area (Å²) in [4.78, 5) is 0. The molecule has 0 aliphatic heterocycles. The molecule has 2 aromatic rings. The lowest BCUT2D eigenvalue weighted by Gasteiger charge is -2.02. The maximum absolute atomic E-state index is 5.26. The zero-order valence-corrected chi connectivity index (χ0v) is 12.3. The molecule has 0 heterocycles. The fourth-order valence-corrected chi connectivity index (χ4v) is 1.81. The molecule has 0 saturated carbocycles. The first-order valence-electron chi connectivity index (χ1n) is 7.08. The minimum Gasteiger partial charge on any atom is -0.405 e. The van der Waals surface area contributed by atoms with Crippen LogP contribution in [0.2, 0.25) is 0 Å². The van der Waals surface area contributed by atoms with Crippen molar-refractivity contribution in [2.45, 2.75) is 20.3 Å². The van der Waals surface area contributed by atoms with Gasteiger partial charge in [0.2, 0.25) is 0 Å². The van der Waals surface area contributed by atoms with E-state index in [0.29, 0.717) is 0 Å². The Bertz CT molecular complexity index is 521. The Morgan fingerprint density at radius 3 is 2.00 bits per heavy atom. The number of benzene rings is 2. The fraction of sp³-hybridized carbons (Fsp3) is 0.158. The second kappa shape index (κ2) is 9.62. The molecule has 0 unspecified atom stereocenters. The average Bonchev–Trinajstić information content (AvgIpc) is 2.55. The SMILES string of the molecule is CC.N/C=C\C=C/Cc1ccc(-c2ccccc2)cc1. The highest BCUT2D eigenvalue weighted by Gasteiger charge is 1.96. The molecular weight excluding hydrogens is 242 g/mol. The Hall–Kier alpha value is -2.28. The van der Waals surface area contributed by atoms with Gasteiger partial charge in [-0.05, 0) is 35.4 Å². The minimum atomic E-state index is 0.930. The van der Waals surface area contributed by atoms with Crippen LogP contribution in [0.4, 0.5) is 0 Å². The Kier molecular flexibility index (Phi) is 7.59. The van der Waals surface area contributed by atoms with Crippen LogP contribution in [0.25, 0.3) is 11.1 Å². The molecule has 20 heavy (non-hydrogen) atoms. The molecule has 0 saturated heterocycles.